The van der Waals surface area contributed by atoms with Crippen molar-refractivity contribution in [3.8, 4) is 5.75 Å². The van der Waals surface area contributed by atoms with Gasteiger partial charge in [0.25, 0.3) is 0 Å². The quantitative estimate of drug-likeness (QED) is 0.819. The maximum absolute atomic E-state index is 11.0. The number of thioether (sulfide) groups is 1. The summed E-state index contributed by atoms with van der Waals surface area (Å²) in [7, 11) is 1.64. The highest BCUT2D eigenvalue weighted by molar-refractivity contribution is 7.98. The fraction of sp³-hybridized carbons (Fsp3) is 0.462. The van der Waals surface area contributed by atoms with E-state index >= 15 is 0 Å². The lowest BCUT2D eigenvalue weighted by molar-refractivity contribution is -0.141. The molecule has 0 bridgehead atoms. The molecule has 1 aliphatic heterocycles. The molecule has 98 valence electrons. The van der Waals surface area contributed by atoms with Gasteiger partial charge in [-0.05, 0) is 30.9 Å². The van der Waals surface area contributed by atoms with E-state index in [2.05, 4.69) is 11.4 Å². The number of carboxylic acids is 1. The Balaban J connectivity index is 2.24. The summed E-state index contributed by atoms with van der Waals surface area (Å²) in [6.07, 6.45) is 2.64. The third-order valence-corrected chi connectivity index (χ3v) is 4.02. The molecule has 1 aromatic rings. The minimum Gasteiger partial charge on any atom is -0.496 e. The summed E-state index contributed by atoms with van der Waals surface area (Å²) in [5, 5.41) is 12.3. The molecule has 2 atom stereocenters. The standard InChI is InChI=1S/C13H17NO3S/c1-17-12-4-3-9(18-2)6-10(12)11-5-8(7-14-11)13(15)16/h3-4,6,8,11,14H,5,7H2,1-2H3,(H,15,16). The fourth-order valence-electron chi connectivity index (χ4n) is 2.27. The lowest BCUT2D eigenvalue weighted by Crippen LogP contribution is -2.17. The number of methoxy groups -OCH3 is 1. The maximum Gasteiger partial charge on any atom is 0.307 e. The molecule has 5 heteroatoms. The summed E-state index contributed by atoms with van der Waals surface area (Å²) in [4.78, 5) is 12.1. The van der Waals surface area contributed by atoms with E-state index in [0.717, 1.165) is 16.2 Å². The largest absolute Gasteiger partial charge is 0.496 e. The summed E-state index contributed by atoms with van der Waals surface area (Å²) >= 11 is 1.67. The van der Waals surface area contributed by atoms with Crippen molar-refractivity contribution in [3.63, 3.8) is 0 Å². The number of carbonyl (C=O) groups is 1. The zero-order valence-corrected chi connectivity index (χ0v) is 11.3. The van der Waals surface area contributed by atoms with Gasteiger partial charge in [-0.15, -0.1) is 11.8 Å². The molecule has 1 saturated heterocycles. The molecule has 0 aliphatic carbocycles. The van der Waals surface area contributed by atoms with Crippen molar-refractivity contribution in [2.24, 2.45) is 5.92 Å². The van der Waals surface area contributed by atoms with Gasteiger partial charge in [-0.25, -0.2) is 0 Å². The van der Waals surface area contributed by atoms with Crippen LogP contribution in [0.3, 0.4) is 0 Å². The van der Waals surface area contributed by atoms with Gasteiger partial charge in [0, 0.05) is 23.0 Å². The highest BCUT2D eigenvalue weighted by Gasteiger charge is 2.31. The second-order valence-corrected chi connectivity index (χ2v) is 5.22. The minimum absolute atomic E-state index is 0.0631. The first kappa shape index (κ1) is 13.2. The van der Waals surface area contributed by atoms with Gasteiger partial charge in [0.15, 0.2) is 0 Å². The molecule has 2 unspecified atom stereocenters. The Morgan fingerprint density at radius 2 is 2.33 bits per heavy atom. The first-order valence-electron chi connectivity index (χ1n) is 5.83. The predicted molar refractivity (Wildman–Crippen MR) is 71.3 cm³/mol. The normalized spacial score (nSPS) is 23.0. The molecule has 1 fully saturated rings. The van der Waals surface area contributed by atoms with Crippen LogP contribution in [0, 0.1) is 5.92 Å². The van der Waals surface area contributed by atoms with Gasteiger partial charge in [0.1, 0.15) is 5.75 Å². The van der Waals surface area contributed by atoms with E-state index in [9.17, 15) is 4.79 Å². The molecule has 0 radical (unpaired) electrons. The molecule has 18 heavy (non-hydrogen) atoms. The molecule has 4 nitrogen and oxygen atoms in total. The van der Waals surface area contributed by atoms with Gasteiger partial charge in [-0.3, -0.25) is 4.79 Å². The highest BCUT2D eigenvalue weighted by Crippen LogP contribution is 2.35. The third-order valence-electron chi connectivity index (χ3n) is 3.29. The summed E-state index contributed by atoms with van der Waals surface area (Å²) in [5.74, 6) is -0.223. The van der Waals surface area contributed by atoms with Crippen LogP contribution < -0.4 is 10.1 Å². The van der Waals surface area contributed by atoms with Crippen LogP contribution in [0.1, 0.15) is 18.0 Å². The van der Waals surface area contributed by atoms with Crippen LogP contribution in [0.5, 0.6) is 5.75 Å². The van der Waals surface area contributed by atoms with Crippen molar-refractivity contribution in [2.75, 3.05) is 19.9 Å². The lowest BCUT2D eigenvalue weighted by Gasteiger charge is -2.16. The molecule has 1 heterocycles. The summed E-state index contributed by atoms with van der Waals surface area (Å²) in [5.41, 5.74) is 1.05. The number of hydrogen-bond acceptors (Lipinski definition) is 4. The van der Waals surface area contributed by atoms with Gasteiger partial charge in [-0.1, -0.05) is 0 Å². The smallest absolute Gasteiger partial charge is 0.307 e. The summed E-state index contributed by atoms with van der Waals surface area (Å²) in [6.45, 7) is 0.520. The first-order chi connectivity index (χ1) is 8.65. The molecule has 1 aromatic carbocycles. The predicted octanol–water partition coefficient (Wildman–Crippen LogP) is 2.15. The molecule has 0 amide bonds. The summed E-state index contributed by atoms with van der Waals surface area (Å²) < 4.78 is 5.36. The number of nitrogens with one attached hydrogen (secondary N) is 1. The van der Waals surface area contributed by atoms with E-state index in [-0.39, 0.29) is 12.0 Å². The SMILES string of the molecule is COc1ccc(SC)cc1C1CC(C(=O)O)CN1. The van der Waals surface area contributed by atoms with Crippen LogP contribution in [-0.4, -0.2) is 31.0 Å². The van der Waals surface area contributed by atoms with Crippen molar-refractivity contribution in [1.29, 1.82) is 0 Å². The number of benzene rings is 1. The van der Waals surface area contributed by atoms with Crippen molar-refractivity contribution >= 4 is 17.7 Å². The fourth-order valence-corrected chi connectivity index (χ4v) is 2.72. The first-order valence-corrected chi connectivity index (χ1v) is 7.06. The molecule has 1 aliphatic rings. The molecule has 2 N–H and O–H groups in total. The van der Waals surface area contributed by atoms with E-state index in [1.165, 1.54) is 0 Å². The average molecular weight is 267 g/mol. The van der Waals surface area contributed by atoms with E-state index in [4.69, 9.17) is 9.84 Å². The number of rotatable bonds is 4. The Bertz CT molecular complexity index is 450. The van der Waals surface area contributed by atoms with E-state index in [1.54, 1.807) is 18.9 Å². The van der Waals surface area contributed by atoms with Gasteiger partial charge in [0.2, 0.25) is 0 Å². The second kappa shape index (κ2) is 5.63. The Labute approximate surface area is 111 Å². The van der Waals surface area contributed by atoms with Crippen molar-refractivity contribution < 1.29 is 14.6 Å². The van der Waals surface area contributed by atoms with Crippen LogP contribution in [0.25, 0.3) is 0 Å². The number of hydrogen-bond donors (Lipinski definition) is 2. The highest BCUT2D eigenvalue weighted by atomic mass is 32.2. The van der Waals surface area contributed by atoms with Crippen LogP contribution in [0.2, 0.25) is 0 Å². The Hall–Kier alpha value is -1.20. The van der Waals surface area contributed by atoms with Crippen LogP contribution in [0.15, 0.2) is 23.1 Å². The summed E-state index contributed by atoms with van der Waals surface area (Å²) in [6, 6.07) is 6.09. The monoisotopic (exact) mass is 267 g/mol. The Kier molecular flexibility index (Phi) is 4.14. The lowest BCUT2D eigenvalue weighted by atomic mass is 9.99. The third kappa shape index (κ3) is 2.62. The number of aliphatic carboxylic acids is 1. The van der Waals surface area contributed by atoms with Crippen LogP contribution in [-0.2, 0) is 4.79 Å². The van der Waals surface area contributed by atoms with E-state index in [0.29, 0.717) is 13.0 Å². The van der Waals surface area contributed by atoms with Crippen molar-refractivity contribution in [2.45, 2.75) is 17.4 Å². The van der Waals surface area contributed by atoms with Gasteiger partial charge < -0.3 is 15.2 Å². The van der Waals surface area contributed by atoms with Crippen molar-refractivity contribution in [1.82, 2.24) is 5.32 Å². The maximum atomic E-state index is 11.0. The molecular formula is C13H17NO3S. The Morgan fingerprint density at radius 3 is 2.89 bits per heavy atom. The van der Waals surface area contributed by atoms with Gasteiger partial charge >= 0.3 is 5.97 Å². The van der Waals surface area contributed by atoms with Crippen LogP contribution in [0.4, 0.5) is 0 Å². The van der Waals surface area contributed by atoms with Crippen LogP contribution >= 0.6 is 11.8 Å². The zero-order chi connectivity index (χ0) is 13.1. The van der Waals surface area contributed by atoms with E-state index in [1.807, 2.05) is 18.4 Å². The minimum atomic E-state index is -0.731. The Morgan fingerprint density at radius 1 is 1.56 bits per heavy atom. The molecule has 0 spiro atoms. The molecule has 0 saturated carbocycles. The zero-order valence-electron chi connectivity index (χ0n) is 10.5. The van der Waals surface area contributed by atoms with Gasteiger partial charge in [0.05, 0.1) is 13.0 Å². The van der Waals surface area contributed by atoms with Gasteiger partial charge in [-0.2, -0.15) is 0 Å². The second-order valence-electron chi connectivity index (χ2n) is 4.34. The topological polar surface area (TPSA) is 58.6 Å². The molecule has 2 rings (SSSR count). The van der Waals surface area contributed by atoms with Crippen molar-refractivity contribution in [3.05, 3.63) is 23.8 Å². The number of carboxylic acid groups (broad SMARTS) is 1. The average Bonchev–Trinajstić information content (AvgIpc) is 2.87. The number of ether oxygens (including phenoxy) is 1. The van der Waals surface area contributed by atoms with E-state index < -0.39 is 5.97 Å². The molecule has 0 aromatic heterocycles. The molecular weight excluding hydrogens is 250 g/mol.